The second-order valence-electron chi connectivity index (χ2n) is 0.974. The molecule has 0 atom stereocenters. The monoisotopic (exact) mass is 119 g/mol. The number of nitrogens with zero attached hydrogens (tertiary/aromatic N) is 1. The summed E-state index contributed by atoms with van der Waals surface area (Å²) in [6, 6.07) is 0. The van der Waals surface area contributed by atoms with Gasteiger partial charge in [-0.1, -0.05) is 0 Å². The van der Waals surface area contributed by atoms with E-state index in [0.29, 0.717) is 5.75 Å². The van der Waals surface area contributed by atoms with Gasteiger partial charge >= 0.3 is 0 Å². The summed E-state index contributed by atoms with van der Waals surface area (Å²) in [6.07, 6.45) is 1.35. The van der Waals surface area contributed by atoms with E-state index in [9.17, 15) is 4.79 Å². The minimum absolute atomic E-state index is 0. The number of hydrogen-bond donors (Lipinski definition) is 0. The highest BCUT2D eigenvalue weighted by atomic mass is 32.2. The Bertz CT molecular complexity index is 101. The highest BCUT2D eigenvalue weighted by molar-refractivity contribution is 7.99. The Morgan fingerprint density at radius 2 is 2.57 bits per heavy atom. The lowest BCUT2D eigenvalue weighted by atomic mass is 10.5. The van der Waals surface area contributed by atoms with Crippen LogP contribution in [0.4, 0.5) is 0 Å². The van der Waals surface area contributed by atoms with Crippen LogP contribution >= 0.6 is 11.9 Å². The van der Waals surface area contributed by atoms with Crippen LogP contribution < -0.4 is 0 Å². The molecule has 0 saturated carbocycles. The summed E-state index contributed by atoms with van der Waals surface area (Å²) in [5.41, 5.74) is 0. The van der Waals surface area contributed by atoms with E-state index >= 15 is 0 Å². The molecule has 7 heavy (non-hydrogen) atoms. The molecule has 0 aromatic rings. The fraction of sp³-hybridized carbons (Fsp3) is 0.333. The van der Waals surface area contributed by atoms with Crippen molar-refractivity contribution >= 4 is 23.9 Å². The van der Waals surface area contributed by atoms with Crippen LogP contribution in [0.2, 0.25) is 0 Å². The molecule has 0 amide bonds. The molecule has 4 heteroatoms. The van der Waals surface area contributed by atoms with Gasteiger partial charge < -0.3 is 5.48 Å². The zero-order valence-electron chi connectivity index (χ0n) is 3.55. The Morgan fingerprint density at radius 1 is 1.86 bits per heavy atom. The summed E-state index contributed by atoms with van der Waals surface area (Å²) in [7, 11) is 0. The van der Waals surface area contributed by atoms with Gasteiger partial charge in [-0.25, -0.2) is 4.40 Å². The first-order valence-corrected chi connectivity index (χ1v) is 2.52. The summed E-state index contributed by atoms with van der Waals surface area (Å²) in [5.74, 6) is 0.667. The van der Waals surface area contributed by atoms with E-state index in [4.69, 9.17) is 0 Å². The van der Waals surface area contributed by atoms with Gasteiger partial charge in [-0.05, 0) is 11.9 Å². The molecule has 1 heterocycles. The number of hydrogen-bond acceptors (Lipinski definition) is 3. The molecule has 0 aromatic carbocycles. The third kappa shape index (κ3) is 1.70. The molecule has 0 radical (unpaired) electrons. The van der Waals surface area contributed by atoms with Crippen LogP contribution in [0.15, 0.2) is 4.40 Å². The van der Waals surface area contributed by atoms with E-state index in [1.54, 1.807) is 0 Å². The van der Waals surface area contributed by atoms with Crippen LogP contribution in [-0.4, -0.2) is 23.2 Å². The molecule has 3 nitrogen and oxygen atoms in total. The van der Waals surface area contributed by atoms with Gasteiger partial charge in [0.2, 0.25) is 0 Å². The Morgan fingerprint density at radius 3 is 2.71 bits per heavy atom. The topological polar surface area (TPSA) is 60.9 Å². The van der Waals surface area contributed by atoms with Crippen LogP contribution in [0, 0.1) is 0 Å². The van der Waals surface area contributed by atoms with Crippen molar-refractivity contribution in [2.45, 2.75) is 0 Å². The summed E-state index contributed by atoms with van der Waals surface area (Å²) in [5, 5.41) is 0. The zero-order valence-corrected chi connectivity index (χ0v) is 4.36. The molecule has 40 valence electrons. The fourth-order valence-corrected chi connectivity index (χ4v) is 0.703. The summed E-state index contributed by atoms with van der Waals surface area (Å²) < 4.78 is 3.61. The lowest BCUT2D eigenvalue weighted by Gasteiger charge is -1.67. The van der Waals surface area contributed by atoms with Crippen molar-refractivity contribution in [2.24, 2.45) is 4.40 Å². The van der Waals surface area contributed by atoms with E-state index in [2.05, 4.69) is 4.40 Å². The first-order valence-electron chi connectivity index (χ1n) is 1.58. The van der Waals surface area contributed by atoms with Crippen molar-refractivity contribution in [2.75, 3.05) is 5.75 Å². The predicted molar refractivity (Wildman–Crippen MR) is 29.6 cm³/mol. The quantitative estimate of drug-likeness (QED) is 0.402. The number of rotatable bonds is 0. The average Bonchev–Trinajstić information content (AvgIpc) is 1.86. The normalized spacial score (nSPS) is 16.9. The van der Waals surface area contributed by atoms with Gasteiger partial charge in [-0.15, -0.1) is 0 Å². The van der Waals surface area contributed by atoms with Gasteiger partial charge in [-0.2, -0.15) is 0 Å². The standard InChI is InChI=1S/C3H3NOS.H2O/c5-3-1-4-6-2-3;/h1H,2H2;1H2. The second kappa shape index (κ2) is 2.76. The van der Waals surface area contributed by atoms with Crippen molar-refractivity contribution in [1.29, 1.82) is 0 Å². The van der Waals surface area contributed by atoms with Crippen LogP contribution in [0.3, 0.4) is 0 Å². The number of ketones is 1. The van der Waals surface area contributed by atoms with Gasteiger partial charge in [0.25, 0.3) is 0 Å². The van der Waals surface area contributed by atoms with Gasteiger partial charge in [0, 0.05) is 0 Å². The molecule has 0 aliphatic carbocycles. The first kappa shape index (κ1) is 6.65. The number of carbonyl (C=O) groups excluding carboxylic acids is 1. The number of carbonyl (C=O) groups is 1. The van der Waals surface area contributed by atoms with Crippen molar-refractivity contribution < 1.29 is 10.3 Å². The van der Waals surface area contributed by atoms with Gasteiger partial charge in [-0.3, -0.25) is 4.79 Å². The molecule has 0 aromatic heterocycles. The van der Waals surface area contributed by atoms with E-state index in [0.717, 1.165) is 0 Å². The molecule has 0 unspecified atom stereocenters. The highest BCUT2D eigenvalue weighted by Gasteiger charge is 2.01. The minimum atomic E-state index is 0. The van der Waals surface area contributed by atoms with Crippen molar-refractivity contribution in [3.63, 3.8) is 0 Å². The smallest absolute Gasteiger partial charge is 0.186 e. The van der Waals surface area contributed by atoms with Gasteiger partial charge in [0.05, 0.1) is 12.0 Å². The maximum Gasteiger partial charge on any atom is 0.186 e. The summed E-state index contributed by atoms with van der Waals surface area (Å²) >= 11 is 1.30. The lowest BCUT2D eigenvalue weighted by molar-refractivity contribution is -0.110. The van der Waals surface area contributed by atoms with E-state index in [-0.39, 0.29) is 11.3 Å². The molecule has 0 saturated heterocycles. The maximum absolute atomic E-state index is 10.1. The van der Waals surface area contributed by atoms with Gasteiger partial charge in [0.15, 0.2) is 5.78 Å². The Hall–Kier alpha value is -0.350. The average molecular weight is 119 g/mol. The molecule has 1 aliphatic heterocycles. The largest absolute Gasteiger partial charge is 0.412 e. The number of Topliss-reactive ketones (excluding diaryl/α,β-unsaturated/α-hetero) is 1. The summed E-state index contributed by atoms with van der Waals surface area (Å²) in [6.45, 7) is 0. The second-order valence-corrected chi connectivity index (χ2v) is 1.73. The molecule has 0 fully saturated rings. The minimum Gasteiger partial charge on any atom is -0.412 e. The van der Waals surface area contributed by atoms with E-state index in [1.165, 1.54) is 18.2 Å². The fourth-order valence-electron chi connectivity index (χ4n) is 0.234. The zero-order chi connectivity index (χ0) is 4.41. The van der Waals surface area contributed by atoms with Crippen LogP contribution in [0.25, 0.3) is 0 Å². The van der Waals surface area contributed by atoms with Gasteiger partial charge in [0.1, 0.15) is 0 Å². The van der Waals surface area contributed by atoms with Crippen molar-refractivity contribution in [1.82, 2.24) is 0 Å². The molecule has 0 bridgehead atoms. The van der Waals surface area contributed by atoms with Crippen LogP contribution in [-0.2, 0) is 4.79 Å². The van der Waals surface area contributed by atoms with Crippen LogP contribution in [0.5, 0.6) is 0 Å². The van der Waals surface area contributed by atoms with E-state index < -0.39 is 0 Å². The molecule has 1 rings (SSSR count). The summed E-state index contributed by atoms with van der Waals surface area (Å²) in [4.78, 5) is 10.1. The molecular formula is C3H5NO2S. The predicted octanol–water partition coefficient (Wildman–Crippen LogP) is -0.537. The first-order chi connectivity index (χ1) is 2.89. The highest BCUT2D eigenvalue weighted by Crippen LogP contribution is 2.05. The maximum atomic E-state index is 10.1. The third-order valence-corrected chi connectivity index (χ3v) is 1.15. The lowest BCUT2D eigenvalue weighted by Crippen LogP contribution is -1.93. The van der Waals surface area contributed by atoms with E-state index in [1.807, 2.05) is 0 Å². The molecule has 2 N–H and O–H groups in total. The van der Waals surface area contributed by atoms with Crippen molar-refractivity contribution in [3.8, 4) is 0 Å². The third-order valence-electron chi connectivity index (χ3n) is 0.478. The SMILES string of the molecule is O.O=C1C=NSC1. The molecular weight excluding hydrogens is 114 g/mol. The van der Waals surface area contributed by atoms with Crippen molar-refractivity contribution in [3.05, 3.63) is 0 Å². The Balaban J connectivity index is 0.000000360. The Kier molecular flexibility index (Phi) is 2.62. The molecule has 0 spiro atoms. The van der Waals surface area contributed by atoms with Crippen LogP contribution in [0.1, 0.15) is 0 Å². The molecule has 1 aliphatic rings. The Labute approximate surface area is 45.3 Å².